The summed E-state index contributed by atoms with van der Waals surface area (Å²) in [5.74, 6) is 0.612. The molecule has 0 amide bonds. The van der Waals surface area contributed by atoms with Crippen LogP contribution in [0.2, 0.25) is 0 Å². The van der Waals surface area contributed by atoms with Crippen LogP contribution in [-0.4, -0.2) is 21.5 Å². The lowest BCUT2D eigenvalue weighted by atomic mass is 10.2. The largest absolute Gasteiger partial charge is 0.396 e. The van der Waals surface area contributed by atoms with Crippen LogP contribution in [0.3, 0.4) is 0 Å². The van der Waals surface area contributed by atoms with Gasteiger partial charge in [0, 0.05) is 18.8 Å². The molecule has 1 aromatic heterocycles. The summed E-state index contributed by atoms with van der Waals surface area (Å²) >= 11 is 0. The molecule has 0 aliphatic heterocycles. The van der Waals surface area contributed by atoms with Crippen LogP contribution in [0.25, 0.3) is 0 Å². The molecule has 1 N–H and O–H groups in total. The Balaban J connectivity index is 2.74. The summed E-state index contributed by atoms with van der Waals surface area (Å²) < 4.78 is 2.01. The third kappa shape index (κ3) is 2.56. The van der Waals surface area contributed by atoms with Gasteiger partial charge in [-0.05, 0) is 24.8 Å². The van der Waals surface area contributed by atoms with E-state index in [1.54, 1.807) is 0 Å². The Morgan fingerprint density at radius 2 is 2.23 bits per heavy atom. The molecule has 74 valence electrons. The fraction of sp³-hybridized carbons (Fsp3) is 0.700. The van der Waals surface area contributed by atoms with Crippen molar-refractivity contribution < 1.29 is 5.11 Å². The highest BCUT2D eigenvalue weighted by Crippen LogP contribution is 2.09. The minimum atomic E-state index is 0.203. The molecule has 0 atom stereocenters. The molecule has 13 heavy (non-hydrogen) atoms. The van der Waals surface area contributed by atoms with E-state index in [0.29, 0.717) is 12.3 Å². The van der Waals surface area contributed by atoms with Gasteiger partial charge in [0.1, 0.15) is 0 Å². The van der Waals surface area contributed by atoms with Crippen LogP contribution >= 0.6 is 0 Å². The maximum absolute atomic E-state index is 8.80. The van der Waals surface area contributed by atoms with Crippen molar-refractivity contribution in [1.29, 1.82) is 0 Å². The van der Waals surface area contributed by atoms with E-state index in [4.69, 9.17) is 5.11 Å². The molecule has 0 aliphatic rings. The SMILES string of the molecule is Cc1c(CCO)cnn1CC(C)C. The molecule has 0 unspecified atom stereocenters. The van der Waals surface area contributed by atoms with Gasteiger partial charge in [0.15, 0.2) is 0 Å². The standard InChI is InChI=1S/C10H18N2O/c1-8(2)7-12-9(3)10(4-5-13)6-11-12/h6,8,13H,4-5,7H2,1-3H3. The summed E-state index contributed by atoms with van der Waals surface area (Å²) in [5.41, 5.74) is 2.34. The molecular weight excluding hydrogens is 164 g/mol. The van der Waals surface area contributed by atoms with Gasteiger partial charge in [0.2, 0.25) is 0 Å². The molecule has 3 heteroatoms. The fourth-order valence-electron chi connectivity index (χ4n) is 1.38. The van der Waals surface area contributed by atoms with Crippen molar-refractivity contribution in [3.05, 3.63) is 17.5 Å². The first-order valence-electron chi connectivity index (χ1n) is 4.77. The number of aliphatic hydroxyl groups is 1. The minimum absolute atomic E-state index is 0.203. The summed E-state index contributed by atoms with van der Waals surface area (Å²) in [4.78, 5) is 0. The number of hydrogen-bond acceptors (Lipinski definition) is 2. The van der Waals surface area contributed by atoms with Crippen molar-refractivity contribution in [3.8, 4) is 0 Å². The van der Waals surface area contributed by atoms with Gasteiger partial charge in [-0.2, -0.15) is 5.10 Å². The van der Waals surface area contributed by atoms with E-state index < -0.39 is 0 Å². The number of aliphatic hydroxyl groups excluding tert-OH is 1. The molecule has 0 aliphatic carbocycles. The second kappa shape index (κ2) is 4.42. The molecule has 0 fully saturated rings. The molecule has 0 radical (unpaired) electrons. The van der Waals surface area contributed by atoms with Gasteiger partial charge in [-0.25, -0.2) is 0 Å². The van der Waals surface area contributed by atoms with E-state index >= 15 is 0 Å². The maximum atomic E-state index is 8.80. The van der Waals surface area contributed by atoms with Crippen molar-refractivity contribution >= 4 is 0 Å². The maximum Gasteiger partial charge on any atom is 0.0525 e. The van der Waals surface area contributed by atoms with Gasteiger partial charge in [-0.3, -0.25) is 4.68 Å². The molecule has 1 heterocycles. The van der Waals surface area contributed by atoms with Crippen LogP contribution in [0, 0.1) is 12.8 Å². The van der Waals surface area contributed by atoms with Gasteiger partial charge in [-0.1, -0.05) is 13.8 Å². The molecule has 0 saturated carbocycles. The van der Waals surface area contributed by atoms with Gasteiger partial charge in [0.25, 0.3) is 0 Å². The normalized spacial score (nSPS) is 11.2. The first kappa shape index (κ1) is 10.3. The van der Waals surface area contributed by atoms with Crippen LogP contribution in [0.4, 0.5) is 0 Å². The molecular formula is C10H18N2O. The minimum Gasteiger partial charge on any atom is -0.396 e. The zero-order valence-corrected chi connectivity index (χ0v) is 8.62. The molecule has 1 aromatic rings. The summed E-state index contributed by atoms with van der Waals surface area (Å²) in [6.07, 6.45) is 2.57. The average Bonchev–Trinajstić information content (AvgIpc) is 2.36. The summed E-state index contributed by atoms with van der Waals surface area (Å²) in [6, 6.07) is 0. The van der Waals surface area contributed by atoms with Crippen LogP contribution in [0.1, 0.15) is 25.1 Å². The Bertz CT molecular complexity index is 266. The number of aromatic nitrogens is 2. The first-order valence-corrected chi connectivity index (χ1v) is 4.77. The lowest BCUT2D eigenvalue weighted by Gasteiger charge is -2.07. The van der Waals surface area contributed by atoms with Gasteiger partial charge in [0.05, 0.1) is 6.20 Å². The second-order valence-corrected chi connectivity index (χ2v) is 3.80. The van der Waals surface area contributed by atoms with Gasteiger partial charge >= 0.3 is 0 Å². The van der Waals surface area contributed by atoms with Gasteiger partial charge in [-0.15, -0.1) is 0 Å². The van der Waals surface area contributed by atoms with E-state index in [2.05, 4.69) is 25.9 Å². The average molecular weight is 182 g/mol. The highest BCUT2D eigenvalue weighted by atomic mass is 16.2. The Labute approximate surface area is 79.4 Å². The smallest absolute Gasteiger partial charge is 0.0525 e. The van der Waals surface area contributed by atoms with E-state index in [-0.39, 0.29) is 6.61 Å². The topological polar surface area (TPSA) is 38.1 Å². The van der Waals surface area contributed by atoms with Crippen molar-refractivity contribution in [2.24, 2.45) is 5.92 Å². The van der Waals surface area contributed by atoms with Crippen LogP contribution in [-0.2, 0) is 13.0 Å². The lowest BCUT2D eigenvalue weighted by molar-refractivity contribution is 0.299. The number of nitrogens with zero attached hydrogens (tertiary/aromatic N) is 2. The van der Waals surface area contributed by atoms with Crippen LogP contribution in [0.15, 0.2) is 6.20 Å². The highest BCUT2D eigenvalue weighted by Gasteiger charge is 2.06. The van der Waals surface area contributed by atoms with E-state index in [1.165, 1.54) is 5.69 Å². The Hall–Kier alpha value is -0.830. The molecule has 0 saturated heterocycles. The monoisotopic (exact) mass is 182 g/mol. The van der Waals surface area contributed by atoms with E-state index in [1.807, 2.05) is 10.9 Å². The predicted octanol–water partition coefficient (Wildman–Crippen LogP) is 1.38. The second-order valence-electron chi connectivity index (χ2n) is 3.80. The van der Waals surface area contributed by atoms with E-state index in [0.717, 1.165) is 12.1 Å². The summed E-state index contributed by atoms with van der Waals surface area (Å²) in [7, 11) is 0. The third-order valence-electron chi connectivity index (χ3n) is 2.12. The van der Waals surface area contributed by atoms with Crippen LogP contribution < -0.4 is 0 Å². The molecule has 1 rings (SSSR count). The van der Waals surface area contributed by atoms with Crippen molar-refractivity contribution in [1.82, 2.24) is 9.78 Å². The lowest BCUT2D eigenvalue weighted by Crippen LogP contribution is -2.08. The van der Waals surface area contributed by atoms with Gasteiger partial charge < -0.3 is 5.11 Å². The summed E-state index contributed by atoms with van der Waals surface area (Å²) in [6.45, 7) is 7.56. The molecule has 0 bridgehead atoms. The molecule has 0 spiro atoms. The third-order valence-corrected chi connectivity index (χ3v) is 2.12. The quantitative estimate of drug-likeness (QED) is 0.764. The van der Waals surface area contributed by atoms with Crippen molar-refractivity contribution in [2.45, 2.75) is 33.7 Å². The fourth-order valence-corrected chi connectivity index (χ4v) is 1.38. The Kier molecular flexibility index (Phi) is 3.48. The van der Waals surface area contributed by atoms with Crippen molar-refractivity contribution in [3.63, 3.8) is 0 Å². The highest BCUT2D eigenvalue weighted by molar-refractivity contribution is 5.16. The number of hydrogen-bond donors (Lipinski definition) is 1. The van der Waals surface area contributed by atoms with E-state index in [9.17, 15) is 0 Å². The Morgan fingerprint density at radius 3 is 2.77 bits per heavy atom. The predicted molar refractivity (Wildman–Crippen MR) is 52.6 cm³/mol. The molecule has 3 nitrogen and oxygen atoms in total. The zero-order chi connectivity index (χ0) is 9.84. The number of rotatable bonds is 4. The van der Waals surface area contributed by atoms with Crippen LogP contribution in [0.5, 0.6) is 0 Å². The molecule has 0 aromatic carbocycles. The summed E-state index contributed by atoms with van der Waals surface area (Å²) in [5, 5.41) is 13.1. The Morgan fingerprint density at radius 1 is 1.54 bits per heavy atom. The zero-order valence-electron chi connectivity index (χ0n) is 8.62. The first-order chi connectivity index (χ1) is 6.15. The van der Waals surface area contributed by atoms with Crippen molar-refractivity contribution in [2.75, 3.05) is 6.61 Å².